The Bertz CT molecular complexity index is 764. The number of hydrogen-bond donors (Lipinski definition) is 2. The van der Waals surface area contributed by atoms with E-state index >= 15 is 0 Å². The van der Waals surface area contributed by atoms with Gasteiger partial charge in [-0.1, -0.05) is 12.8 Å². The Balaban J connectivity index is 1.46. The smallest absolute Gasteiger partial charge is 0.253 e. The number of rotatable bonds is 7. The maximum Gasteiger partial charge on any atom is 0.253 e. The standard InChI is InChI=1S/C19H26N2O5S/c22-18(11-13-27(24,25)16-4-1-2-5-16)20-14-7-9-15(10-8-14)21-19(23)17-6-3-12-26-17/h7-10,16-17H,1-6,11-13H2,(H,20,22)(H,21,23)/t17-/m0/s1. The van der Waals surface area contributed by atoms with Gasteiger partial charge in [0.15, 0.2) is 9.84 Å². The van der Waals surface area contributed by atoms with Crippen molar-refractivity contribution in [3.05, 3.63) is 24.3 Å². The average molecular weight is 394 g/mol. The van der Waals surface area contributed by atoms with Crippen molar-refractivity contribution in [1.82, 2.24) is 0 Å². The van der Waals surface area contributed by atoms with Crippen LogP contribution < -0.4 is 10.6 Å². The van der Waals surface area contributed by atoms with Crippen LogP contribution in [0.25, 0.3) is 0 Å². The molecule has 1 aromatic carbocycles. The van der Waals surface area contributed by atoms with E-state index in [9.17, 15) is 18.0 Å². The molecule has 3 rings (SSSR count). The summed E-state index contributed by atoms with van der Waals surface area (Å²) in [5.41, 5.74) is 1.19. The summed E-state index contributed by atoms with van der Waals surface area (Å²) in [5, 5.41) is 5.20. The van der Waals surface area contributed by atoms with Crippen molar-refractivity contribution in [3.8, 4) is 0 Å². The molecule has 2 fully saturated rings. The van der Waals surface area contributed by atoms with Crippen molar-refractivity contribution < 1.29 is 22.7 Å². The fourth-order valence-electron chi connectivity index (χ4n) is 3.52. The predicted molar refractivity (Wildman–Crippen MR) is 103 cm³/mol. The quantitative estimate of drug-likeness (QED) is 0.740. The number of ether oxygens (including phenoxy) is 1. The minimum absolute atomic E-state index is 0.0453. The van der Waals surface area contributed by atoms with Crippen molar-refractivity contribution in [2.75, 3.05) is 23.0 Å². The highest BCUT2D eigenvalue weighted by Crippen LogP contribution is 2.25. The number of carbonyl (C=O) groups is 2. The van der Waals surface area contributed by atoms with Gasteiger partial charge in [-0.25, -0.2) is 8.42 Å². The molecule has 0 radical (unpaired) electrons. The van der Waals surface area contributed by atoms with Gasteiger partial charge in [-0.3, -0.25) is 9.59 Å². The largest absolute Gasteiger partial charge is 0.368 e. The lowest BCUT2D eigenvalue weighted by atomic mass is 10.2. The van der Waals surface area contributed by atoms with Crippen LogP contribution in [0.5, 0.6) is 0 Å². The second kappa shape index (κ2) is 8.84. The first-order chi connectivity index (χ1) is 12.9. The highest BCUT2D eigenvalue weighted by atomic mass is 32.2. The zero-order valence-electron chi connectivity index (χ0n) is 15.3. The summed E-state index contributed by atoms with van der Waals surface area (Å²) in [6.07, 6.45) is 4.50. The molecule has 7 nitrogen and oxygen atoms in total. The first kappa shape index (κ1) is 19.8. The van der Waals surface area contributed by atoms with Gasteiger partial charge in [0.1, 0.15) is 6.10 Å². The topological polar surface area (TPSA) is 102 Å². The summed E-state index contributed by atoms with van der Waals surface area (Å²) in [6.45, 7) is 0.611. The van der Waals surface area contributed by atoms with Crippen LogP contribution in [0.3, 0.4) is 0 Å². The van der Waals surface area contributed by atoms with Crippen molar-refractivity contribution in [2.45, 2.75) is 56.3 Å². The summed E-state index contributed by atoms with van der Waals surface area (Å²) >= 11 is 0. The number of carbonyl (C=O) groups excluding carboxylic acids is 2. The van der Waals surface area contributed by atoms with Gasteiger partial charge in [0.25, 0.3) is 5.91 Å². The lowest BCUT2D eigenvalue weighted by molar-refractivity contribution is -0.124. The second-order valence-corrected chi connectivity index (χ2v) is 9.54. The molecule has 1 saturated carbocycles. The van der Waals surface area contributed by atoms with Gasteiger partial charge < -0.3 is 15.4 Å². The van der Waals surface area contributed by atoms with Crippen molar-refractivity contribution >= 4 is 33.0 Å². The molecule has 1 heterocycles. The van der Waals surface area contributed by atoms with Gasteiger partial charge >= 0.3 is 0 Å². The van der Waals surface area contributed by atoms with Crippen LogP contribution in [0.2, 0.25) is 0 Å². The molecule has 1 atom stereocenters. The van der Waals surface area contributed by atoms with E-state index in [0.29, 0.717) is 30.8 Å². The van der Waals surface area contributed by atoms with Crippen LogP contribution in [0.4, 0.5) is 11.4 Å². The molecule has 148 valence electrons. The van der Waals surface area contributed by atoms with Gasteiger partial charge in [0.05, 0.1) is 11.0 Å². The number of benzene rings is 1. The molecule has 0 bridgehead atoms. The summed E-state index contributed by atoms with van der Waals surface area (Å²) in [4.78, 5) is 24.1. The SMILES string of the molecule is O=C(CCS(=O)(=O)C1CCCC1)Nc1ccc(NC(=O)[C@@H]2CCCO2)cc1. The van der Waals surface area contributed by atoms with E-state index in [4.69, 9.17) is 4.74 Å². The number of hydrogen-bond acceptors (Lipinski definition) is 5. The fourth-order valence-corrected chi connectivity index (χ4v) is 5.37. The van der Waals surface area contributed by atoms with Gasteiger partial charge in [-0.15, -0.1) is 0 Å². The minimum atomic E-state index is -3.20. The number of sulfone groups is 1. The highest BCUT2D eigenvalue weighted by Gasteiger charge is 2.29. The maximum absolute atomic E-state index is 12.2. The van der Waals surface area contributed by atoms with Crippen molar-refractivity contribution in [3.63, 3.8) is 0 Å². The molecule has 1 aromatic rings. The Kier molecular flexibility index (Phi) is 6.49. The number of amides is 2. The Labute approximate surface area is 159 Å². The van der Waals surface area contributed by atoms with Crippen molar-refractivity contribution in [1.29, 1.82) is 0 Å². The molecule has 1 aliphatic heterocycles. The third-order valence-electron chi connectivity index (χ3n) is 5.08. The first-order valence-electron chi connectivity index (χ1n) is 9.48. The summed E-state index contributed by atoms with van der Waals surface area (Å²) < 4.78 is 29.8. The van der Waals surface area contributed by atoms with Gasteiger partial charge in [0, 0.05) is 24.4 Å². The first-order valence-corrected chi connectivity index (χ1v) is 11.2. The van der Waals surface area contributed by atoms with Crippen LogP contribution in [-0.2, 0) is 24.2 Å². The van der Waals surface area contributed by atoms with Gasteiger partial charge in [0.2, 0.25) is 5.91 Å². The Morgan fingerprint density at radius 3 is 2.19 bits per heavy atom. The molecule has 0 aromatic heterocycles. The van der Waals surface area contributed by atoms with E-state index in [1.807, 2.05) is 0 Å². The van der Waals surface area contributed by atoms with E-state index in [2.05, 4.69) is 10.6 Å². The molecule has 0 unspecified atom stereocenters. The summed E-state index contributed by atoms with van der Waals surface area (Å²) in [6, 6.07) is 6.73. The zero-order valence-corrected chi connectivity index (χ0v) is 16.1. The highest BCUT2D eigenvalue weighted by molar-refractivity contribution is 7.92. The van der Waals surface area contributed by atoms with Crippen molar-refractivity contribution in [2.24, 2.45) is 0 Å². The maximum atomic E-state index is 12.2. The average Bonchev–Trinajstić information content (AvgIpc) is 3.35. The van der Waals surface area contributed by atoms with E-state index in [0.717, 1.165) is 25.7 Å². The number of anilines is 2. The van der Waals surface area contributed by atoms with E-state index in [1.54, 1.807) is 24.3 Å². The second-order valence-electron chi connectivity index (χ2n) is 7.14. The fraction of sp³-hybridized carbons (Fsp3) is 0.579. The van der Waals surface area contributed by atoms with E-state index < -0.39 is 15.9 Å². The molecular formula is C19H26N2O5S. The van der Waals surface area contributed by atoms with Crippen LogP contribution in [0, 0.1) is 0 Å². The molecule has 8 heteroatoms. The Morgan fingerprint density at radius 1 is 0.963 bits per heavy atom. The molecule has 2 amide bonds. The zero-order chi connectivity index (χ0) is 19.3. The monoisotopic (exact) mass is 394 g/mol. The van der Waals surface area contributed by atoms with Gasteiger partial charge in [-0.05, 0) is 49.9 Å². The van der Waals surface area contributed by atoms with Crippen LogP contribution >= 0.6 is 0 Å². The van der Waals surface area contributed by atoms with Gasteiger partial charge in [-0.2, -0.15) is 0 Å². The molecule has 0 spiro atoms. The molecule has 1 saturated heterocycles. The molecule has 2 N–H and O–H groups in total. The molecule has 1 aliphatic carbocycles. The van der Waals surface area contributed by atoms with E-state index in [1.165, 1.54) is 0 Å². The minimum Gasteiger partial charge on any atom is -0.368 e. The third kappa shape index (κ3) is 5.52. The number of nitrogens with one attached hydrogen (secondary N) is 2. The normalized spacial score (nSPS) is 20.5. The van der Waals surface area contributed by atoms with Crippen LogP contribution in [0.1, 0.15) is 44.9 Å². The molecular weight excluding hydrogens is 368 g/mol. The predicted octanol–water partition coefficient (Wildman–Crippen LogP) is 2.49. The summed E-state index contributed by atoms with van der Waals surface area (Å²) in [7, 11) is -3.20. The Hall–Kier alpha value is -1.93. The molecule has 27 heavy (non-hydrogen) atoms. The van der Waals surface area contributed by atoms with Crippen LogP contribution in [0.15, 0.2) is 24.3 Å². The third-order valence-corrected chi connectivity index (χ3v) is 7.34. The lowest BCUT2D eigenvalue weighted by Gasteiger charge is -2.12. The lowest BCUT2D eigenvalue weighted by Crippen LogP contribution is -2.26. The van der Waals surface area contributed by atoms with E-state index in [-0.39, 0.29) is 29.2 Å². The molecule has 2 aliphatic rings. The Morgan fingerprint density at radius 2 is 1.59 bits per heavy atom. The summed E-state index contributed by atoms with van der Waals surface area (Å²) in [5.74, 6) is -0.604. The van der Waals surface area contributed by atoms with Crippen LogP contribution in [-0.4, -0.2) is 43.9 Å².